The average molecular weight is 346 g/mol. The van der Waals surface area contributed by atoms with Crippen molar-refractivity contribution in [3.8, 4) is 6.07 Å². The fourth-order valence-corrected chi connectivity index (χ4v) is 2.77. The number of carbonyl (C=O) groups is 2. The van der Waals surface area contributed by atoms with Crippen LogP contribution in [0, 0.1) is 11.3 Å². The van der Waals surface area contributed by atoms with Crippen molar-refractivity contribution >= 4 is 28.4 Å². The molecule has 2 amide bonds. The van der Waals surface area contributed by atoms with Gasteiger partial charge in [-0.2, -0.15) is 5.26 Å². The van der Waals surface area contributed by atoms with E-state index in [0.717, 1.165) is 16.5 Å². The lowest BCUT2D eigenvalue weighted by molar-refractivity contribution is -0.126. The molecule has 0 fully saturated rings. The summed E-state index contributed by atoms with van der Waals surface area (Å²) >= 11 is 0. The van der Waals surface area contributed by atoms with E-state index in [4.69, 9.17) is 5.26 Å². The van der Waals surface area contributed by atoms with Gasteiger partial charge in [-0.25, -0.2) is 0 Å². The van der Waals surface area contributed by atoms with Crippen LogP contribution in [0.2, 0.25) is 0 Å². The van der Waals surface area contributed by atoms with E-state index in [1.54, 1.807) is 24.3 Å². The third-order valence-electron chi connectivity index (χ3n) is 4.03. The fraction of sp³-hybridized carbons (Fsp3) is 0.150. The Labute approximate surface area is 150 Å². The quantitative estimate of drug-likeness (QED) is 0.599. The van der Waals surface area contributed by atoms with Gasteiger partial charge in [-0.05, 0) is 30.2 Å². The Morgan fingerprint density at radius 2 is 1.81 bits per heavy atom. The summed E-state index contributed by atoms with van der Waals surface area (Å²) in [5.41, 5.74) is 2.95. The number of nitrogens with zero attached hydrogens (tertiary/aromatic N) is 1. The minimum absolute atomic E-state index is 0.284. The normalized spacial score (nSPS) is 10.3. The van der Waals surface area contributed by atoms with Crippen molar-refractivity contribution < 1.29 is 9.59 Å². The number of H-pyrrole nitrogens is 1. The van der Waals surface area contributed by atoms with Gasteiger partial charge < -0.3 is 15.6 Å². The molecule has 0 atom stereocenters. The van der Waals surface area contributed by atoms with Crippen molar-refractivity contribution in [2.75, 3.05) is 11.9 Å². The minimum atomic E-state index is -0.447. The highest BCUT2D eigenvalue weighted by molar-refractivity contribution is 6.04. The van der Waals surface area contributed by atoms with Crippen LogP contribution in [0.25, 0.3) is 10.9 Å². The average Bonchev–Trinajstić information content (AvgIpc) is 3.05. The molecule has 0 saturated heterocycles. The Morgan fingerprint density at radius 3 is 2.65 bits per heavy atom. The molecular formula is C20H18N4O2. The molecule has 130 valence electrons. The van der Waals surface area contributed by atoms with Gasteiger partial charge in [0, 0.05) is 23.6 Å². The summed E-state index contributed by atoms with van der Waals surface area (Å²) < 4.78 is 0. The third-order valence-corrected chi connectivity index (χ3v) is 4.03. The molecule has 1 heterocycles. The maximum atomic E-state index is 12.0. The Bertz CT molecular complexity index is 985. The number of carbonyl (C=O) groups excluding carboxylic acids is 2. The summed E-state index contributed by atoms with van der Waals surface area (Å²) in [6.07, 6.45) is 2.32. The SMILES string of the molecule is N#Cc1ccccc1NC(=O)CC(=O)NCCc1c[nH]c2ccccc12. The number of amides is 2. The van der Waals surface area contributed by atoms with Gasteiger partial charge in [0.1, 0.15) is 12.5 Å². The number of hydrogen-bond donors (Lipinski definition) is 3. The number of para-hydroxylation sites is 2. The zero-order chi connectivity index (χ0) is 18.4. The van der Waals surface area contributed by atoms with E-state index in [0.29, 0.717) is 24.2 Å². The van der Waals surface area contributed by atoms with Crippen molar-refractivity contribution in [1.82, 2.24) is 10.3 Å². The van der Waals surface area contributed by atoms with Gasteiger partial charge in [0.2, 0.25) is 11.8 Å². The molecule has 3 N–H and O–H groups in total. The number of fused-ring (bicyclic) bond motifs is 1. The van der Waals surface area contributed by atoms with E-state index < -0.39 is 5.91 Å². The second-order valence-corrected chi connectivity index (χ2v) is 5.84. The van der Waals surface area contributed by atoms with Crippen LogP contribution in [0.5, 0.6) is 0 Å². The first-order valence-corrected chi connectivity index (χ1v) is 8.28. The zero-order valence-electron chi connectivity index (χ0n) is 14.1. The predicted molar refractivity (Wildman–Crippen MR) is 99.4 cm³/mol. The number of aromatic nitrogens is 1. The maximum Gasteiger partial charge on any atom is 0.233 e. The summed E-state index contributed by atoms with van der Waals surface area (Å²) in [6, 6.07) is 16.6. The van der Waals surface area contributed by atoms with Gasteiger partial charge in [0.25, 0.3) is 0 Å². The van der Waals surface area contributed by atoms with Crippen molar-refractivity contribution in [1.29, 1.82) is 5.26 Å². The van der Waals surface area contributed by atoms with Crippen molar-refractivity contribution in [2.24, 2.45) is 0 Å². The number of nitrogens with one attached hydrogen (secondary N) is 3. The van der Waals surface area contributed by atoms with Crippen molar-refractivity contribution in [3.05, 3.63) is 65.9 Å². The molecule has 0 spiro atoms. The molecule has 1 aromatic heterocycles. The molecule has 26 heavy (non-hydrogen) atoms. The van der Waals surface area contributed by atoms with Gasteiger partial charge in [-0.3, -0.25) is 9.59 Å². The van der Waals surface area contributed by atoms with Crippen LogP contribution in [-0.4, -0.2) is 23.3 Å². The highest BCUT2D eigenvalue weighted by atomic mass is 16.2. The lowest BCUT2D eigenvalue weighted by Gasteiger charge is -2.07. The Kier molecular flexibility index (Phi) is 5.30. The number of benzene rings is 2. The number of aromatic amines is 1. The lowest BCUT2D eigenvalue weighted by Crippen LogP contribution is -2.29. The molecule has 0 unspecified atom stereocenters. The van der Waals surface area contributed by atoms with Crippen LogP contribution < -0.4 is 10.6 Å². The van der Waals surface area contributed by atoms with E-state index in [9.17, 15) is 9.59 Å². The number of nitriles is 1. The molecular weight excluding hydrogens is 328 g/mol. The van der Waals surface area contributed by atoms with Gasteiger partial charge >= 0.3 is 0 Å². The first kappa shape index (κ1) is 17.2. The Morgan fingerprint density at radius 1 is 1.04 bits per heavy atom. The van der Waals surface area contributed by atoms with E-state index in [1.807, 2.05) is 36.5 Å². The summed E-state index contributed by atoms with van der Waals surface area (Å²) in [5.74, 6) is -0.797. The van der Waals surface area contributed by atoms with E-state index in [1.165, 1.54) is 0 Å². The van der Waals surface area contributed by atoms with Crippen LogP contribution in [0.3, 0.4) is 0 Å². The summed E-state index contributed by atoms with van der Waals surface area (Å²) in [4.78, 5) is 27.1. The Balaban J connectivity index is 1.48. The smallest absolute Gasteiger partial charge is 0.233 e. The summed E-state index contributed by atoms with van der Waals surface area (Å²) in [5, 5.41) is 15.5. The molecule has 0 radical (unpaired) electrons. The van der Waals surface area contributed by atoms with Crippen molar-refractivity contribution in [2.45, 2.75) is 12.8 Å². The molecule has 0 aliphatic carbocycles. The fourth-order valence-electron chi connectivity index (χ4n) is 2.77. The molecule has 0 bridgehead atoms. The van der Waals surface area contributed by atoms with Crippen LogP contribution in [-0.2, 0) is 16.0 Å². The molecule has 6 nitrogen and oxygen atoms in total. The third kappa shape index (κ3) is 4.08. The highest BCUT2D eigenvalue weighted by Crippen LogP contribution is 2.17. The van der Waals surface area contributed by atoms with Crippen LogP contribution >= 0.6 is 0 Å². The topological polar surface area (TPSA) is 97.8 Å². The number of rotatable bonds is 6. The van der Waals surface area contributed by atoms with Crippen molar-refractivity contribution in [3.63, 3.8) is 0 Å². The van der Waals surface area contributed by atoms with E-state index in [-0.39, 0.29) is 12.3 Å². The lowest BCUT2D eigenvalue weighted by atomic mass is 10.1. The largest absolute Gasteiger partial charge is 0.361 e. The summed E-state index contributed by atoms with van der Waals surface area (Å²) in [6.45, 7) is 0.447. The van der Waals surface area contributed by atoms with E-state index in [2.05, 4.69) is 15.6 Å². The maximum absolute atomic E-state index is 12.0. The first-order chi connectivity index (χ1) is 12.7. The van der Waals surface area contributed by atoms with E-state index >= 15 is 0 Å². The molecule has 2 aromatic carbocycles. The number of anilines is 1. The highest BCUT2D eigenvalue weighted by Gasteiger charge is 2.11. The standard InChI is InChI=1S/C20H18N4O2/c21-12-14-5-1-3-7-17(14)24-20(26)11-19(25)22-10-9-15-13-23-18-8-4-2-6-16(15)18/h1-8,13,23H,9-11H2,(H,22,25)(H,24,26). The second kappa shape index (κ2) is 7.99. The molecule has 3 aromatic rings. The molecule has 3 rings (SSSR count). The van der Waals surface area contributed by atoms with Gasteiger partial charge in [-0.15, -0.1) is 0 Å². The summed E-state index contributed by atoms with van der Waals surface area (Å²) in [7, 11) is 0. The molecule has 6 heteroatoms. The van der Waals surface area contributed by atoms with Gasteiger partial charge in [0.05, 0.1) is 11.3 Å². The van der Waals surface area contributed by atoms with Crippen LogP contribution in [0.4, 0.5) is 5.69 Å². The Hall–Kier alpha value is -3.59. The van der Waals surface area contributed by atoms with Crippen LogP contribution in [0.1, 0.15) is 17.5 Å². The van der Waals surface area contributed by atoms with Crippen LogP contribution in [0.15, 0.2) is 54.7 Å². The monoisotopic (exact) mass is 346 g/mol. The van der Waals surface area contributed by atoms with Gasteiger partial charge in [-0.1, -0.05) is 30.3 Å². The number of hydrogen-bond acceptors (Lipinski definition) is 3. The zero-order valence-corrected chi connectivity index (χ0v) is 14.1. The molecule has 0 aliphatic rings. The second-order valence-electron chi connectivity index (χ2n) is 5.84. The predicted octanol–water partition coefficient (Wildman–Crippen LogP) is 2.73. The van der Waals surface area contributed by atoms with Gasteiger partial charge in [0.15, 0.2) is 0 Å². The minimum Gasteiger partial charge on any atom is -0.361 e. The molecule has 0 aliphatic heterocycles. The molecule has 0 saturated carbocycles. The first-order valence-electron chi connectivity index (χ1n) is 8.28.